The van der Waals surface area contributed by atoms with Gasteiger partial charge < -0.3 is 10.6 Å². The molecule has 0 saturated heterocycles. The second-order valence-corrected chi connectivity index (χ2v) is 5.13. The van der Waals surface area contributed by atoms with E-state index in [9.17, 15) is 0 Å². The molecule has 0 fully saturated rings. The molecular weight excluding hydrogens is 232 g/mol. The molecular formula is C17H20N2. The van der Waals surface area contributed by atoms with Crippen LogP contribution in [0.2, 0.25) is 0 Å². The minimum atomic E-state index is 0.613. The summed E-state index contributed by atoms with van der Waals surface area (Å²) in [6, 6.07) is 17.4. The summed E-state index contributed by atoms with van der Waals surface area (Å²) in [7, 11) is 0. The maximum absolute atomic E-state index is 5.73. The van der Waals surface area contributed by atoms with Crippen molar-refractivity contribution in [2.75, 3.05) is 18.0 Å². The third-order valence-electron chi connectivity index (χ3n) is 3.93. The Kier molecular flexibility index (Phi) is 3.51. The van der Waals surface area contributed by atoms with Gasteiger partial charge >= 0.3 is 0 Å². The van der Waals surface area contributed by atoms with Crippen LogP contribution in [0, 0.1) is 0 Å². The molecule has 0 bridgehead atoms. The Morgan fingerprint density at radius 2 is 1.58 bits per heavy atom. The lowest BCUT2D eigenvalue weighted by atomic mass is 10.0. The van der Waals surface area contributed by atoms with Gasteiger partial charge in [-0.15, -0.1) is 0 Å². The Balaban J connectivity index is 1.81. The molecule has 98 valence electrons. The van der Waals surface area contributed by atoms with Crippen molar-refractivity contribution in [3.8, 4) is 0 Å². The van der Waals surface area contributed by atoms with Gasteiger partial charge in [-0.3, -0.25) is 0 Å². The maximum Gasteiger partial charge on any atom is 0.0369 e. The standard InChI is InChI=1S/C17H20N2/c18-13-14-4-3-7-17(12-14)19-10-8-15-5-1-2-6-16(15)9-11-19/h1-7,12H,8-11,13,18H2. The van der Waals surface area contributed by atoms with E-state index in [0.717, 1.165) is 25.9 Å². The summed E-state index contributed by atoms with van der Waals surface area (Å²) in [5.41, 5.74) is 11.2. The van der Waals surface area contributed by atoms with Crippen molar-refractivity contribution in [3.63, 3.8) is 0 Å². The van der Waals surface area contributed by atoms with E-state index in [2.05, 4.69) is 53.4 Å². The molecule has 0 unspecified atom stereocenters. The quantitative estimate of drug-likeness (QED) is 0.890. The van der Waals surface area contributed by atoms with E-state index in [1.807, 2.05) is 0 Å². The van der Waals surface area contributed by atoms with E-state index < -0.39 is 0 Å². The van der Waals surface area contributed by atoms with Crippen LogP contribution in [0.4, 0.5) is 5.69 Å². The van der Waals surface area contributed by atoms with Crippen molar-refractivity contribution in [2.45, 2.75) is 19.4 Å². The number of anilines is 1. The zero-order valence-corrected chi connectivity index (χ0v) is 11.2. The molecule has 2 heteroatoms. The number of fused-ring (bicyclic) bond motifs is 1. The van der Waals surface area contributed by atoms with Crippen LogP contribution in [0.15, 0.2) is 48.5 Å². The Morgan fingerprint density at radius 1 is 0.895 bits per heavy atom. The fourth-order valence-electron chi connectivity index (χ4n) is 2.81. The molecule has 3 rings (SSSR count). The van der Waals surface area contributed by atoms with Gasteiger partial charge in [0.25, 0.3) is 0 Å². The van der Waals surface area contributed by atoms with Gasteiger partial charge in [-0.1, -0.05) is 36.4 Å². The third kappa shape index (κ3) is 2.64. The molecule has 0 aromatic heterocycles. The molecule has 2 nitrogen and oxygen atoms in total. The first kappa shape index (κ1) is 12.2. The fraction of sp³-hybridized carbons (Fsp3) is 0.294. The number of nitrogens with two attached hydrogens (primary N) is 1. The van der Waals surface area contributed by atoms with Gasteiger partial charge in [0.15, 0.2) is 0 Å². The highest BCUT2D eigenvalue weighted by Crippen LogP contribution is 2.21. The lowest BCUT2D eigenvalue weighted by molar-refractivity contribution is 0.804. The average Bonchev–Trinajstić information content (AvgIpc) is 2.70. The molecule has 0 aliphatic carbocycles. The Bertz CT molecular complexity index is 536. The number of hydrogen-bond donors (Lipinski definition) is 1. The molecule has 2 N–H and O–H groups in total. The highest BCUT2D eigenvalue weighted by atomic mass is 15.1. The van der Waals surface area contributed by atoms with Crippen LogP contribution in [0.1, 0.15) is 16.7 Å². The molecule has 0 spiro atoms. The summed E-state index contributed by atoms with van der Waals surface area (Å²) in [4.78, 5) is 2.47. The summed E-state index contributed by atoms with van der Waals surface area (Å²) in [5, 5.41) is 0. The third-order valence-corrected chi connectivity index (χ3v) is 3.93. The van der Waals surface area contributed by atoms with Crippen LogP contribution >= 0.6 is 0 Å². The zero-order valence-electron chi connectivity index (χ0n) is 11.2. The first-order chi connectivity index (χ1) is 9.36. The van der Waals surface area contributed by atoms with Crippen LogP contribution in [0.5, 0.6) is 0 Å². The molecule has 0 atom stereocenters. The van der Waals surface area contributed by atoms with Crippen molar-refractivity contribution >= 4 is 5.69 Å². The van der Waals surface area contributed by atoms with Gasteiger partial charge in [0, 0.05) is 25.3 Å². The second kappa shape index (κ2) is 5.45. The Hall–Kier alpha value is -1.80. The SMILES string of the molecule is NCc1cccc(N2CCc3ccccc3CC2)c1. The van der Waals surface area contributed by atoms with Crippen molar-refractivity contribution < 1.29 is 0 Å². The van der Waals surface area contributed by atoms with E-state index in [1.165, 1.54) is 22.4 Å². The van der Waals surface area contributed by atoms with Gasteiger partial charge in [0.2, 0.25) is 0 Å². The lowest BCUT2D eigenvalue weighted by Crippen LogP contribution is -2.26. The second-order valence-electron chi connectivity index (χ2n) is 5.13. The van der Waals surface area contributed by atoms with E-state index in [-0.39, 0.29) is 0 Å². The highest BCUT2D eigenvalue weighted by Gasteiger charge is 2.13. The summed E-state index contributed by atoms with van der Waals surface area (Å²) in [6.07, 6.45) is 2.26. The van der Waals surface area contributed by atoms with E-state index in [4.69, 9.17) is 5.73 Å². The molecule has 1 heterocycles. The van der Waals surface area contributed by atoms with Crippen molar-refractivity contribution in [1.82, 2.24) is 0 Å². The summed E-state index contributed by atoms with van der Waals surface area (Å²) < 4.78 is 0. The summed E-state index contributed by atoms with van der Waals surface area (Å²) in [6.45, 7) is 2.79. The largest absolute Gasteiger partial charge is 0.371 e. The molecule has 0 amide bonds. The Labute approximate surface area is 114 Å². The van der Waals surface area contributed by atoms with Gasteiger partial charge in [0.1, 0.15) is 0 Å². The molecule has 0 radical (unpaired) electrons. The van der Waals surface area contributed by atoms with Gasteiger partial charge in [-0.25, -0.2) is 0 Å². The predicted octanol–water partition coefficient (Wildman–Crippen LogP) is 2.75. The lowest BCUT2D eigenvalue weighted by Gasteiger charge is -2.23. The van der Waals surface area contributed by atoms with Gasteiger partial charge in [-0.05, 0) is 41.7 Å². The number of hydrogen-bond acceptors (Lipinski definition) is 2. The van der Waals surface area contributed by atoms with E-state index >= 15 is 0 Å². The Morgan fingerprint density at radius 3 is 2.21 bits per heavy atom. The summed E-state index contributed by atoms with van der Waals surface area (Å²) in [5.74, 6) is 0. The molecule has 1 aliphatic rings. The minimum Gasteiger partial charge on any atom is -0.371 e. The van der Waals surface area contributed by atoms with Crippen molar-refractivity contribution in [2.24, 2.45) is 5.73 Å². The van der Waals surface area contributed by atoms with Crippen molar-refractivity contribution in [3.05, 3.63) is 65.2 Å². The first-order valence-electron chi connectivity index (χ1n) is 6.97. The fourth-order valence-corrected chi connectivity index (χ4v) is 2.81. The average molecular weight is 252 g/mol. The van der Waals surface area contributed by atoms with Crippen molar-refractivity contribution in [1.29, 1.82) is 0 Å². The van der Waals surface area contributed by atoms with Crippen LogP contribution in [-0.2, 0) is 19.4 Å². The maximum atomic E-state index is 5.73. The molecule has 0 saturated carbocycles. The molecule has 2 aromatic carbocycles. The van der Waals surface area contributed by atoms with Gasteiger partial charge in [0.05, 0.1) is 0 Å². The topological polar surface area (TPSA) is 29.3 Å². The smallest absolute Gasteiger partial charge is 0.0369 e. The zero-order chi connectivity index (χ0) is 13.1. The van der Waals surface area contributed by atoms with E-state index in [0.29, 0.717) is 6.54 Å². The molecule has 2 aromatic rings. The van der Waals surface area contributed by atoms with Crippen LogP contribution < -0.4 is 10.6 Å². The molecule has 1 aliphatic heterocycles. The van der Waals surface area contributed by atoms with Crippen LogP contribution in [0.3, 0.4) is 0 Å². The van der Waals surface area contributed by atoms with Crippen LogP contribution in [0.25, 0.3) is 0 Å². The van der Waals surface area contributed by atoms with Crippen LogP contribution in [-0.4, -0.2) is 13.1 Å². The van der Waals surface area contributed by atoms with E-state index in [1.54, 1.807) is 0 Å². The normalized spacial score (nSPS) is 14.9. The number of benzene rings is 2. The number of rotatable bonds is 2. The summed E-state index contributed by atoms with van der Waals surface area (Å²) >= 11 is 0. The first-order valence-corrected chi connectivity index (χ1v) is 6.97. The van der Waals surface area contributed by atoms with Gasteiger partial charge in [-0.2, -0.15) is 0 Å². The monoisotopic (exact) mass is 252 g/mol. The molecule has 19 heavy (non-hydrogen) atoms. The highest BCUT2D eigenvalue weighted by molar-refractivity contribution is 5.50. The predicted molar refractivity (Wildman–Crippen MR) is 80.4 cm³/mol. The minimum absolute atomic E-state index is 0.613. The number of nitrogens with zero attached hydrogens (tertiary/aromatic N) is 1.